The van der Waals surface area contributed by atoms with E-state index in [0.29, 0.717) is 0 Å². The summed E-state index contributed by atoms with van der Waals surface area (Å²) in [5.41, 5.74) is 35.3. The van der Waals surface area contributed by atoms with Crippen molar-refractivity contribution < 1.29 is 13.3 Å². The summed E-state index contributed by atoms with van der Waals surface area (Å²) in [4.78, 5) is 13.7. The topological polar surface area (TPSA) is 92.9 Å². The molecule has 0 spiro atoms. The SMILES string of the molecule is Cc1cc(-c2ccc3oc4cccnc4c3c2)ccc1-c1ccc(-n2c3ccccc3c3ccccc32)cc1C.Cc1cc(-n2c3ccccc3c3ccccc32)c(C)cc1-c1ccc2oc3cccnc3c2c1.c1ccc(-c2cc(-c3cccc4c3oc3cccnc34)cc(-n3c4ccccc4c4ccccc43)c2)cc1. The van der Waals surface area contributed by atoms with Gasteiger partial charge >= 0.3 is 0 Å². The first kappa shape index (κ1) is 65.6. The van der Waals surface area contributed by atoms with Crippen LogP contribution in [0.1, 0.15) is 22.3 Å². The first-order valence-corrected chi connectivity index (χ1v) is 38.0. The van der Waals surface area contributed by atoms with E-state index in [-0.39, 0.29) is 0 Å². The zero-order valence-corrected chi connectivity index (χ0v) is 61.9. The minimum Gasteiger partial charge on any atom is -0.454 e. The molecule has 9 nitrogen and oxygen atoms in total. The molecule has 0 aliphatic heterocycles. The molecule has 0 unspecified atom stereocenters. The van der Waals surface area contributed by atoms with Crippen LogP contribution in [-0.2, 0) is 0 Å². The Hall–Kier alpha value is -14.7. The van der Waals surface area contributed by atoms with Crippen LogP contribution in [-0.4, -0.2) is 28.7 Å². The Morgan fingerprint density at radius 2 is 0.634 bits per heavy atom. The van der Waals surface area contributed by atoms with Crippen molar-refractivity contribution in [1.29, 1.82) is 0 Å². The molecular formula is C103H70N6O3. The number of pyridine rings is 3. The highest BCUT2D eigenvalue weighted by molar-refractivity contribution is 6.13. The van der Waals surface area contributed by atoms with Gasteiger partial charge < -0.3 is 27.0 Å². The van der Waals surface area contributed by atoms with Gasteiger partial charge in [-0.05, 0) is 246 Å². The lowest BCUT2D eigenvalue weighted by Gasteiger charge is -2.16. The van der Waals surface area contributed by atoms with Crippen molar-refractivity contribution in [3.8, 4) is 72.7 Å². The molecule has 14 aromatic carbocycles. The van der Waals surface area contributed by atoms with Gasteiger partial charge in [0.15, 0.2) is 16.7 Å². The van der Waals surface area contributed by atoms with Crippen molar-refractivity contribution in [1.82, 2.24) is 28.7 Å². The average molecular weight is 1440 g/mol. The molecular weight excluding hydrogens is 1370 g/mol. The lowest BCUT2D eigenvalue weighted by Crippen LogP contribution is -1.99. The van der Waals surface area contributed by atoms with Crippen molar-refractivity contribution in [3.63, 3.8) is 0 Å². The first-order chi connectivity index (χ1) is 55.2. The fourth-order valence-electron chi connectivity index (χ4n) is 17.3. The van der Waals surface area contributed by atoms with E-state index >= 15 is 0 Å². The van der Waals surface area contributed by atoms with Gasteiger partial charge in [-0.15, -0.1) is 0 Å². The molecule has 0 radical (unpaired) electrons. The van der Waals surface area contributed by atoms with Crippen LogP contribution in [0, 0.1) is 27.7 Å². The standard InChI is InChI=1S/C37H26N2O.C35H22N2O.C31H22N2O/c1-23-20-25(26-14-18-35-32(22-26)37-36(40-35)12-7-19-38-37)13-16-28(23)29-17-15-27(21-24(29)2)39-33-10-5-3-8-30(33)31-9-4-6-11-34(31)39;1-2-10-23(11-3-1)24-20-25(27-14-8-15-30-34-33(38-35(27)30)18-9-19-36-34)22-26(21-24)37-31-16-6-4-12-28(31)29-13-5-7-17-32(29)37;1-19-17-28(33-26-10-5-3-8-22(26)23-9-4-6-11-27(23)33)20(2)16-24(19)21-13-14-29-25(18-21)31-30(34-29)12-7-15-32-31/h3-22H,1-2H3;1-22H;3-18H,1-2H3. The van der Waals surface area contributed by atoms with E-state index in [9.17, 15) is 0 Å². The lowest BCUT2D eigenvalue weighted by atomic mass is 9.93. The maximum absolute atomic E-state index is 6.39. The van der Waals surface area contributed by atoms with Gasteiger partial charge in [0.1, 0.15) is 33.3 Å². The van der Waals surface area contributed by atoms with E-state index in [1.54, 1.807) is 0 Å². The largest absolute Gasteiger partial charge is 0.454 e. The van der Waals surface area contributed by atoms with E-state index in [4.69, 9.17) is 13.3 Å². The minimum absolute atomic E-state index is 0.803. The monoisotopic (exact) mass is 1440 g/mol. The normalized spacial score (nSPS) is 11.8. The summed E-state index contributed by atoms with van der Waals surface area (Å²) in [7, 11) is 0. The summed E-state index contributed by atoms with van der Waals surface area (Å²) in [5.74, 6) is 0. The van der Waals surface area contributed by atoms with Crippen LogP contribution >= 0.6 is 0 Å². The van der Waals surface area contributed by atoms with Crippen LogP contribution in [0.5, 0.6) is 0 Å². The zero-order valence-electron chi connectivity index (χ0n) is 61.9. The van der Waals surface area contributed by atoms with E-state index in [2.05, 4.69) is 348 Å². The van der Waals surface area contributed by atoms with Crippen LogP contribution in [0.15, 0.2) is 365 Å². The third-order valence-corrected chi connectivity index (χ3v) is 22.5. The number of para-hydroxylation sites is 7. The van der Waals surface area contributed by atoms with Gasteiger partial charge in [-0.2, -0.15) is 0 Å². The quantitative estimate of drug-likeness (QED) is 0.150. The van der Waals surface area contributed by atoms with Gasteiger partial charge in [0, 0.05) is 89.7 Å². The average Bonchev–Trinajstić information content (AvgIpc) is 1.57. The van der Waals surface area contributed by atoms with Gasteiger partial charge in [0.05, 0.1) is 33.1 Å². The van der Waals surface area contributed by atoms with E-state index in [0.717, 1.165) is 94.1 Å². The van der Waals surface area contributed by atoms with Gasteiger partial charge in [-0.25, -0.2) is 0 Å². The molecule has 23 aromatic rings. The predicted octanol–water partition coefficient (Wildman–Crippen LogP) is 27.8. The summed E-state index contributed by atoms with van der Waals surface area (Å²) >= 11 is 0. The maximum Gasteiger partial charge on any atom is 0.153 e. The second kappa shape index (κ2) is 26.6. The fraction of sp³-hybridized carbons (Fsp3) is 0.0388. The van der Waals surface area contributed by atoms with Crippen LogP contribution in [0.3, 0.4) is 0 Å². The highest BCUT2D eigenvalue weighted by Gasteiger charge is 2.22. The van der Waals surface area contributed by atoms with Crippen LogP contribution in [0.4, 0.5) is 0 Å². The fourth-order valence-corrected chi connectivity index (χ4v) is 17.3. The Morgan fingerprint density at radius 3 is 1.17 bits per heavy atom. The third-order valence-electron chi connectivity index (χ3n) is 22.5. The van der Waals surface area contributed by atoms with E-state index in [1.807, 2.05) is 61.1 Å². The van der Waals surface area contributed by atoms with E-state index < -0.39 is 0 Å². The van der Waals surface area contributed by atoms with Gasteiger partial charge in [-0.1, -0.05) is 188 Å². The number of furan rings is 3. The predicted molar refractivity (Wildman–Crippen MR) is 464 cm³/mol. The molecule has 23 rings (SSSR count). The van der Waals surface area contributed by atoms with Crippen molar-refractivity contribution in [3.05, 3.63) is 374 Å². The smallest absolute Gasteiger partial charge is 0.153 e. The highest BCUT2D eigenvalue weighted by Crippen LogP contribution is 2.44. The minimum atomic E-state index is 0.803. The number of hydrogen-bond acceptors (Lipinski definition) is 6. The molecule has 530 valence electrons. The van der Waals surface area contributed by atoms with Gasteiger partial charge in [-0.3, -0.25) is 15.0 Å². The summed E-state index contributed by atoms with van der Waals surface area (Å²) in [5, 5.41) is 10.8. The number of hydrogen-bond donors (Lipinski definition) is 0. The molecule has 0 fully saturated rings. The molecule has 0 amide bonds. The second-order valence-corrected chi connectivity index (χ2v) is 29.2. The Bertz CT molecular complexity index is 7550. The molecule has 112 heavy (non-hydrogen) atoms. The maximum atomic E-state index is 6.39. The second-order valence-electron chi connectivity index (χ2n) is 29.2. The molecule has 0 bridgehead atoms. The molecule has 9 heterocycles. The number of aromatic nitrogens is 6. The Balaban J connectivity index is 0.000000106. The molecule has 0 saturated carbocycles. The van der Waals surface area contributed by atoms with Crippen molar-refractivity contribution in [2.75, 3.05) is 0 Å². The zero-order chi connectivity index (χ0) is 74.7. The molecule has 0 aliphatic rings. The Kier molecular flexibility index (Phi) is 15.6. The molecule has 9 heteroatoms. The molecule has 0 saturated heterocycles. The number of nitrogens with zero attached hydrogens (tertiary/aromatic N) is 6. The Labute approximate surface area is 644 Å². The lowest BCUT2D eigenvalue weighted by molar-refractivity contribution is 0.668. The van der Waals surface area contributed by atoms with E-state index in [1.165, 1.54) is 132 Å². The van der Waals surface area contributed by atoms with Crippen molar-refractivity contribution in [2.45, 2.75) is 27.7 Å². The number of fused-ring (bicyclic) bond motifs is 18. The van der Waals surface area contributed by atoms with Gasteiger partial charge in [0.2, 0.25) is 0 Å². The molecule has 0 aliphatic carbocycles. The molecule has 0 atom stereocenters. The number of aryl methyl sites for hydroxylation is 4. The number of benzene rings is 14. The summed E-state index contributed by atoms with van der Waals surface area (Å²) < 4.78 is 25.5. The van der Waals surface area contributed by atoms with Crippen LogP contribution < -0.4 is 0 Å². The van der Waals surface area contributed by atoms with Crippen molar-refractivity contribution in [2.24, 2.45) is 0 Å². The van der Waals surface area contributed by atoms with Crippen LogP contribution in [0.2, 0.25) is 0 Å². The summed E-state index contributed by atoms with van der Waals surface area (Å²) in [6, 6.07) is 118. The van der Waals surface area contributed by atoms with Crippen molar-refractivity contribution >= 4 is 132 Å². The summed E-state index contributed by atoms with van der Waals surface area (Å²) in [6.07, 6.45) is 5.46. The highest BCUT2D eigenvalue weighted by atomic mass is 16.3. The Morgan fingerprint density at radius 1 is 0.214 bits per heavy atom. The van der Waals surface area contributed by atoms with Gasteiger partial charge in [0.25, 0.3) is 0 Å². The first-order valence-electron chi connectivity index (χ1n) is 38.0. The summed E-state index contributed by atoms with van der Waals surface area (Å²) in [6.45, 7) is 8.81. The van der Waals surface area contributed by atoms with Crippen LogP contribution in [0.25, 0.3) is 204 Å². The molecule has 0 N–H and O–H groups in total. The number of rotatable bonds is 8. The molecule has 9 aromatic heterocycles. The third kappa shape index (κ3) is 10.9.